The Morgan fingerprint density at radius 2 is 1.53 bits per heavy atom. The van der Waals surface area contributed by atoms with E-state index >= 15 is 0 Å². The van der Waals surface area contributed by atoms with Crippen LogP contribution in [0.15, 0.2) is 66.4 Å². The summed E-state index contributed by atoms with van der Waals surface area (Å²) in [6.07, 6.45) is 0.911. The van der Waals surface area contributed by atoms with Gasteiger partial charge >= 0.3 is 0 Å². The number of ether oxygens (including phenoxy) is 1. The van der Waals surface area contributed by atoms with E-state index in [9.17, 15) is 9.59 Å². The summed E-state index contributed by atoms with van der Waals surface area (Å²) in [6, 6.07) is 19.0. The molecule has 1 N–H and O–H groups in total. The molecule has 0 fully saturated rings. The number of amides is 2. The quantitative estimate of drug-likeness (QED) is 0.438. The molecule has 0 bridgehead atoms. The Kier molecular flexibility index (Phi) is 6.55. The van der Waals surface area contributed by atoms with Gasteiger partial charge in [0.2, 0.25) is 0 Å². The van der Waals surface area contributed by atoms with Crippen molar-refractivity contribution in [2.75, 3.05) is 16.8 Å². The number of imide groups is 1. The number of nitrogens with one attached hydrogen (secondary N) is 1. The largest absolute Gasteiger partial charge is 0.494 e. The summed E-state index contributed by atoms with van der Waals surface area (Å²) in [5, 5.41) is 3.29. The maximum atomic E-state index is 13.7. The Labute approximate surface area is 201 Å². The predicted molar refractivity (Wildman–Crippen MR) is 137 cm³/mol. The van der Waals surface area contributed by atoms with Gasteiger partial charge in [0, 0.05) is 5.69 Å². The van der Waals surface area contributed by atoms with E-state index in [-0.39, 0.29) is 17.5 Å². The molecule has 1 heterocycles. The minimum Gasteiger partial charge on any atom is -0.494 e. The summed E-state index contributed by atoms with van der Waals surface area (Å²) in [6.45, 7) is 10.6. The molecule has 3 aromatic carbocycles. The van der Waals surface area contributed by atoms with Gasteiger partial charge in [0.1, 0.15) is 11.4 Å². The highest BCUT2D eigenvalue weighted by atomic mass is 16.5. The van der Waals surface area contributed by atoms with Gasteiger partial charge < -0.3 is 10.1 Å². The monoisotopic (exact) mass is 454 g/mol. The number of carbonyl (C=O) groups excluding carboxylic acids is 2. The van der Waals surface area contributed by atoms with E-state index in [1.165, 1.54) is 4.90 Å². The van der Waals surface area contributed by atoms with Crippen molar-refractivity contribution in [3.63, 3.8) is 0 Å². The Morgan fingerprint density at radius 3 is 2.18 bits per heavy atom. The average molecular weight is 455 g/mol. The average Bonchev–Trinajstić information content (AvgIpc) is 3.04. The molecular formula is C29H30N2O3. The van der Waals surface area contributed by atoms with E-state index in [2.05, 4.69) is 12.2 Å². The van der Waals surface area contributed by atoms with Gasteiger partial charge in [0.25, 0.3) is 11.8 Å². The van der Waals surface area contributed by atoms with Crippen LogP contribution in [0.1, 0.15) is 41.2 Å². The first-order chi connectivity index (χ1) is 16.3. The van der Waals surface area contributed by atoms with Crippen LogP contribution in [0.4, 0.5) is 11.4 Å². The van der Waals surface area contributed by atoms with Crippen molar-refractivity contribution in [2.45, 2.75) is 41.0 Å². The molecule has 0 atom stereocenters. The van der Waals surface area contributed by atoms with E-state index in [0.29, 0.717) is 23.4 Å². The van der Waals surface area contributed by atoms with E-state index in [1.54, 1.807) is 0 Å². The second kappa shape index (κ2) is 9.56. The molecule has 34 heavy (non-hydrogen) atoms. The number of nitrogens with zero attached hydrogens (tertiary/aromatic N) is 1. The zero-order valence-corrected chi connectivity index (χ0v) is 20.4. The van der Waals surface area contributed by atoms with Gasteiger partial charge in [-0.05, 0) is 92.3 Å². The lowest BCUT2D eigenvalue weighted by Crippen LogP contribution is -2.32. The zero-order valence-electron chi connectivity index (χ0n) is 20.4. The van der Waals surface area contributed by atoms with Gasteiger partial charge in [-0.1, -0.05) is 37.3 Å². The van der Waals surface area contributed by atoms with Crippen molar-refractivity contribution in [2.24, 2.45) is 0 Å². The maximum Gasteiger partial charge on any atom is 0.282 e. The molecular weight excluding hydrogens is 424 g/mol. The Morgan fingerprint density at radius 1 is 0.853 bits per heavy atom. The summed E-state index contributed by atoms with van der Waals surface area (Å²) in [5.41, 5.74) is 6.80. The van der Waals surface area contributed by atoms with Gasteiger partial charge in [-0.15, -0.1) is 0 Å². The normalized spacial score (nSPS) is 13.6. The van der Waals surface area contributed by atoms with E-state index in [1.807, 2.05) is 88.4 Å². The van der Waals surface area contributed by atoms with Crippen LogP contribution in [0.3, 0.4) is 0 Å². The molecule has 0 aromatic heterocycles. The fraction of sp³-hybridized carbons (Fsp3) is 0.241. The summed E-state index contributed by atoms with van der Waals surface area (Å²) in [4.78, 5) is 28.7. The molecule has 0 radical (unpaired) electrons. The molecule has 0 unspecified atom stereocenters. The van der Waals surface area contributed by atoms with Crippen molar-refractivity contribution in [3.8, 4) is 5.75 Å². The molecule has 2 amide bonds. The summed E-state index contributed by atoms with van der Waals surface area (Å²) < 4.78 is 5.69. The van der Waals surface area contributed by atoms with Crippen molar-refractivity contribution < 1.29 is 14.3 Å². The lowest BCUT2D eigenvalue weighted by atomic mass is 10.0. The number of carbonyl (C=O) groups is 2. The van der Waals surface area contributed by atoms with E-state index < -0.39 is 0 Å². The third-order valence-electron chi connectivity index (χ3n) is 6.03. The van der Waals surface area contributed by atoms with Crippen LogP contribution in [0.2, 0.25) is 0 Å². The van der Waals surface area contributed by atoms with Crippen LogP contribution in [0.5, 0.6) is 5.75 Å². The molecule has 1 aliphatic rings. The molecule has 5 heteroatoms. The van der Waals surface area contributed by atoms with E-state index in [0.717, 1.165) is 40.1 Å². The minimum absolute atomic E-state index is 0.278. The predicted octanol–water partition coefficient (Wildman–Crippen LogP) is 6.11. The van der Waals surface area contributed by atoms with Gasteiger partial charge in [0.05, 0.1) is 17.9 Å². The fourth-order valence-electron chi connectivity index (χ4n) is 4.19. The molecule has 1 aliphatic heterocycles. The van der Waals surface area contributed by atoms with Crippen LogP contribution in [-0.2, 0) is 9.59 Å². The minimum atomic E-state index is -0.364. The smallest absolute Gasteiger partial charge is 0.282 e. The Bertz CT molecular complexity index is 1270. The van der Waals surface area contributed by atoms with Crippen molar-refractivity contribution in [3.05, 3.63) is 94.2 Å². The third kappa shape index (κ3) is 4.46. The van der Waals surface area contributed by atoms with Gasteiger partial charge in [0.15, 0.2) is 0 Å². The first-order valence-electron chi connectivity index (χ1n) is 11.6. The topological polar surface area (TPSA) is 58.6 Å². The second-order valence-corrected chi connectivity index (χ2v) is 8.79. The molecule has 4 rings (SSSR count). The number of rotatable bonds is 7. The van der Waals surface area contributed by atoms with E-state index in [4.69, 9.17) is 4.74 Å². The van der Waals surface area contributed by atoms with Crippen molar-refractivity contribution in [1.82, 2.24) is 0 Å². The third-order valence-corrected chi connectivity index (χ3v) is 6.03. The van der Waals surface area contributed by atoms with Crippen LogP contribution >= 0.6 is 0 Å². The van der Waals surface area contributed by atoms with Crippen LogP contribution in [0, 0.1) is 27.7 Å². The molecule has 0 aliphatic carbocycles. The van der Waals surface area contributed by atoms with Crippen LogP contribution < -0.4 is 15.0 Å². The number of anilines is 2. The first kappa shape index (κ1) is 23.3. The lowest BCUT2D eigenvalue weighted by Gasteiger charge is -2.17. The number of hydrogen-bond acceptors (Lipinski definition) is 4. The summed E-state index contributed by atoms with van der Waals surface area (Å²) in [5.74, 6) is 0.0282. The molecule has 174 valence electrons. The number of hydrogen-bond donors (Lipinski definition) is 1. The van der Waals surface area contributed by atoms with Crippen molar-refractivity contribution >= 4 is 28.8 Å². The molecule has 0 saturated heterocycles. The van der Waals surface area contributed by atoms with Gasteiger partial charge in [-0.2, -0.15) is 0 Å². The SMILES string of the molecule is CCCOc1ccc(C2=C(Nc3cccc(C)c3C)C(=O)N(c3cc(C)cc(C)c3)C2=O)cc1. The number of aryl methyl sites for hydroxylation is 3. The fourth-order valence-corrected chi connectivity index (χ4v) is 4.19. The number of benzene rings is 3. The van der Waals surface area contributed by atoms with Crippen LogP contribution in [0.25, 0.3) is 5.57 Å². The molecule has 3 aromatic rings. The first-order valence-corrected chi connectivity index (χ1v) is 11.6. The summed E-state index contributed by atoms with van der Waals surface area (Å²) in [7, 11) is 0. The standard InChI is InChI=1S/C29H30N2O3/c1-6-14-34-24-12-10-22(11-13-24)26-27(30-25-9-7-8-20(4)21(25)5)29(33)31(28(26)32)23-16-18(2)15-19(3)17-23/h7-13,15-17,30H,6,14H2,1-5H3. The highest BCUT2D eigenvalue weighted by Crippen LogP contribution is 2.35. The van der Waals surface area contributed by atoms with Crippen LogP contribution in [-0.4, -0.2) is 18.4 Å². The Balaban J connectivity index is 1.81. The highest BCUT2D eigenvalue weighted by molar-refractivity contribution is 6.46. The highest BCUT2D eigenvalue weighted by Gasteiger charge is 2.40. The maximum absolute atomic E-state index is 13.7. The van der Waals surface area contributed by atoms with Crippen molar-refractivity contribution in [1.29, 1.82) is 0 Å². The lowest BCUT2D eigenvalue weighted by molar-refractivity contribution is -0.120. The molecule has 5 nitrogen and oxygen atoms in total. The molecule has 0 spiro atoms. The second-order valence-electron chi connectivity index (χ2n) is 8.79. The zero-order chi connectivity index (χ0) is 24.4. The molecule has 0 saturated carbocycles. The van der Waals surface area contributed by atoms with Gasteiger partial charge in [-0.3, -0.25) is 9.59 Å². The Hall–Kier alpha value is -3.86. The summed E-state index contributed by atoms with van der Waals surface area (Å²) >= 11 is 0. The van der Waals surface area contributed by atoms with Gasteiger partial charge in [-0.25, -0.2) is 4.90 Å².